The van der Waals surface area contributed by atoms with Crippen LogP contribution in [0.15, 0.2) is 0 Å². The lowest BCUT2D eigenvalue weighted by Crippen LogP contribution is -2.41. The molecule has 0 radical (unpaired) electrons. The molecule has 1 unspecified atom stereocenters. The van der Waals surface area contributed by atoms with Crippen LogP contribution in [0.1, 0.15) is 26.7 Å². The number of nitrogens with zero attached hydrogens (tertiary/aromatic N) is 1. The fraction of sp³-hybridized carbons (Fsp3) is 1.00. The lowest BCUT2D eigenvalue weighted by molar-refractivity contribution is 0.406. The Labute approximate surface area is 86.5 Å². The van der Waals surface area contributed by atoms with Crippen molar-refractivity contribution in [3.05, 3.63) is 0 Å². The van der Waals surface area contributed by atoms with Gasteiger partial charge in [0.15, 0.2) is 0 Å². The number of nitrogens with two attached hydrogens (primary N) is 1. The van der Waals surface area contributed by atoms with Crippen LogP contribution in [0.25, 0.3) is 0 Å². The molecule has 1 atom stereocenters. The van der Waals surface area contributed by atoms with E-state index in [9.17, 15) is 8.42 Å². The maximum absolute atomic E-state index is 11.9. The summed E-state index contributed by atoms with van der Waals surface area (Å²) in [4.78, 5) is 0. The molecule has 14 heavy (non-hydrogen) atoms. The lowest BCUT2D eigenvalue weighted by Gasteiger charge is -2.23. The highest BCUT2D eigenvalue weighted by molar-refractivity contribution is 7.89. The standard InChI is InChI=1S/C9H20N2O2S/c1-3-11(7-9-4-5-9)14(12,13)8(2)6-10/h8-9H,3-7,10H2,1-2H3. The molecular weight excluding hydrogens is 200 g/mol. The average molecular weight is 220 g/mol. The predicted molar refractivity (Wildman–Crippen MR) is 57.4 cm³/mol. The summed E-state index contributed by atoms with van der Waals surface area (Å²) in [6.45, 7) is 4.99. The van der Waals surface area contributed by atoms with E-state index in [0.29, 0.717) is 19.0 Å². The van der Waals surface area contributed by atoms with Gasteiger partial charge in [-0.05, 0) is 25.7 Å². The van der Waals surface area contributed by atoms with Crippen LogP contribution in [-0.2, 0) is 10.0 Å². The van der Waals surface area contributed by atoms with Crippen LogP contribution in [0.4, 0.5) is 0 Å². The fourth-order valence-electron chi connectivity index (χ4n) is 1.38. The third-order valence-corrected chi connectivity index (χ3v) is 5.05. The molecule has 0 aromatic heterocycles. The van der Waals surface area contributed by atoms with Gasteiger partial charge in [0.2, 0.25) is 10.0 Å². The minimum absolute atomic E-state index is 0.198. The molecule has 0 aromatic carbocycles. The van der Waals surface area contributed by atoms with Crippen LogP contribution in [-0.4, -0.2) is 37.6 Å². The van der Waals surface area contributed by atoms with E-state index in [0.717, 1.165) is 0 Å². The molecule has 1 aliphatic rings. The van der Waals surface area contributed by atoms with Crippen molar-refractivity contribution in [2.75, 3.05) is 19.6 Å². The molecule has 0 heterocycles. The quantitative estimate of drug-likeness (QED) is 0.704. The summed E-state index contributed by atoms with van der Waals surface area (Å²) >= 11 is 0. The monoisotopic (exact) mass is 220 g/mol. The highest BCUT2D eigenvalue weighted by Crippen LogP contribution is 2.30. The van der Waals surface area contributed by atoms with E-state index in [2.05, 4.69) is 0 Å². The van der Waals surface area contributed by atoms with Crippen molar-refractivity contribution in [3.8, 4) is 0 Å². The molecule has 0 amide bonds. The van der Waals surface area contributed by atoms with Crippen LogP contribution in [0, 0.1) is 5.92 Å². The fourth-order valence-corrected chi connectivity index (χ4v) is 2.91. The van der Waals surface area contributed by atoms with Gasteiger partial charge in [0.25, 0.3) is 0 Å². The molecule has 1 aliphatic carbocycles. The molecule has 1 rings (SSSR count). The van der Waals surface area contributed by atoms with E-state index in [1.54, 1.807) is 11.2 Å². The van der Waals surface area contributed by atoms with E-state index in [4.69, 9.17) is 5.73 Å². The molecular formula is C9H20N2O2S. The molecule has 4 nitrogen and oxygen atoms in total. The molecule has 1 fully saturated rings. The SMILES string of the molecule is CCN(CC1CC1)S(=O)(=O)C(C)CN. The van der Waals surface area contributed by atoms with Crippen molar-refractivity contribution in [1.29, 1.82) is 0 Å². The van der Waals surface area contributed by atoms with Crippen molar-refractivity contribution in [3.63, 3.8) is 0 Å². The number of sulfonamides is 1. The third kappa shape index (κ3) is 2.68. The van der Waals surface area contributed by atoms with Gasteiger partial charge in [-0.1, -0.05) is 6.92 Å². The summed E-state index contributed by atoms with van der Waals surface area (Å²) < 4.78 is 25.4. The van der Waals surface area contributed by atoms with Gasteiger partial charge in [0, 0.05) is 19.6 Å². The minimum Gasteiger partial charge on any atom is -0.329 e. The van der Waals surface area contributed by atoms with Gasteiger partial charge in [0.05, 0.1) is 5.25 Å². The van der Waals surface area contributed by atoms with Crippen LogP contribution in [0.3, 0.4) is 0 Å². The van der Waals surface area contributed by atoms with Crippen molar-refractivity contribution >= 4 is 10.0 Å². The summed E-state index contributed by atoms with van der Waals surface area (Å²) in [7, 11) is -3.15. The molecule has 1 saturated carbocycles. The van der Waals surface area contributed by atoms with Crippen molar-refractivity contribution in [1.82, 2.24) is 4.31 Å². The van der Waals surface area contributed by atoms with Gasteiger partial charge in [-0.25, -0.2) is 12.7 Å². The predicted octanol–water partition coefficient (Wildman–Crippen LogP) is 0.395. The van der Waals surface area contributed by atoms with Crippen LogP contribution in [0.5, 0.6) is 0 Å². The van der Waals surface area contributed by atoms with Gasteiger partial charge in [-0.2, -0.15) is 0 Å². The summed E-state index contributed by atoms with van der Waals surface area (Å²) in [5, 5.41) is -0.457. The smallest absolute Gasteiger partial charge is 0.217 e. The molecule has 0 spiro atoms. The highest BCUT2D eigenvalue weighted by Gasteiger charge is 2.32. The highest BCUT2D eigenvalue weighted by atomic mass is 32.2. The van der Waals surface area contributed by atoms with Crippen molar-refractivity contribution in [2.24, 2.45) is 11.7 Å². The first kappa shape index (κ1) is 11.9. The topological polar surface area (TPSA) is 63.4 Å². The van der Waals surface area contributed by atoms with Gasteiger partial charge in [-0.15, -0.1) is 0 Å². The Morgan fingerprint density at radius 2 is 2.07 bits per heavy atom. The third-order valence-electron chi connectivity index (χ3n) is 2.71. The van der Waals surface area contributed by atoms with Crippen molar-refractivity contribution in [2.45, 2.75) is 31.9 Å². The van der Waals surface area contributed by atoms with E-state index in [1.807, 2.05) is 6.92 Å². The van der Waals surface area contributed by atoms with E-state index >= 15 is 0 Å². The normalized spacial score (nSPS) is 20.0. The molecule has 5 heteroatoms. The second-order valence-corrected chi connectivity index (χ2v) is 6.34. The Hall–Kier alpha value is -0.130. The Morgan fingerprint density at radius 3 is 2.43 bits per heavy atom. The van der Waals surface area contributed by atoms with E-state index in [1.165, 1.54) is 12.8 Å². The molecule has 84 valence electrons. The van der Waals surface area contributed by atoms with E-state index in [-0.39, 0.29) is 6.54 Å². The van der Waals surface area contributed by atoms with Crippen molar-refractivity contribution < 1.29 is 8.42 Å². The minimum atomic E-state index is -3.15. The van der Waals surface area contributed by atoms with Gasteiger partial charge in [0.1, 0.15) is 0 Å². The first-order valence-electron chi connectivity index (χ1n) is 5.21. The van der Waals surface area contributed by atoms with Crippen LogP contribution in [0.2, 0.25) is 0 Å². The molecule has 0 aromatic rings. The summed E-state index contributed by atoms with van der Waals surface area (Å²) in [6.07, 6.45) is 2.34. The molecule has 0 saturated heterocycles. The van der Waals surface area contributed by atoms with Gasteiger partial charge in [-0.3, -0.25) is 0 Å². The number of hydrogen-bond donors (Lipinski definition) is 1. The first-order chi connectivity index (χ1) is 6.52. The zero-order valence-electron chi connectivity index (χ0n) is 8.94. The van der Waals surface area contributed by atoms with Crippen LogP contribution < -0.4 is 5.73 Å². The summed E-state index contributed by atoms with van der Waals surface area (Å²) in [6, 6.07) is 0. The molecule has 0 aliphatic heterocycles. The number of rotatable bonds is 6. The molecule has 2 N–H and O–H groups in total. The number of hydrogen-bond acceptors (Lipinski definition) is 3. The zero-order chi connectivity index (χ0) is 10.8. The van der Waals surface area contributed by atoms with Gasteiger partial charge >= 0.3 is 0 Å². The maximum atomic E-state index is 11.9. The average Bonchev–Trinajstić information content (AvgIpc) is 2.95. The van der Waals surface area contributed by atoms with Gasteiger partial charge < -0.3 is 5.73 Å². The summed E-state index contributed by atoms with van der Waals surface area (Å²) in [5.74, 6) is 0.592. The summed E-state index contributed by atoms with van der Waals surface area (Å²) in [5.41, 5.74) is 5.39. The molecule has 0 bridgehead atoms. The Kier molecular flexibility index (Phi) is 3.92. The zero-order valence-corrected chi connectivity index (χ0v) is 9.76. The lowest BCUT2D eigenvalue weighted by atomic mass is 10.4. The maximum Gasteiger partial charge on any atom is 0.217 e. The Balaban J connectivity index is 2.65. The largest absolute Gasteiger partial charge is 0.329 e. The Bertz CT molecular complexity index is 273. The second-order valence-electron chi connectivity index (χ2n) is 3.99. The first-order valence-corrected chi connectivity index (χ1v) is 6.71. The van der Waals surface area contributed by atoms with Crippen LogP contribution >= 0.6 is 0 Å². The Morgan fingerprint density at radius 1 is 1.50 bits per heavy atom. The second kappa shape index (κ2) is 4.59. The van der Waals surface area contributed by atoms with E-state index < -0.39 is 15.3 Å².